The molecule has 0 fully saturated rings. The maximum Gasteiger partial charge on any atom is 1.00 e. The Labute approximate surface area is 101 Å². The molecule has 0 unspecified atom stereocenters. The van der Waals surface area contributed by atoms with E-state index in [0.29, 0.717) is 0 Å². The van der Waals surface area contributed by atoms with Crippen LogP contribution in [-0.4, -0.2) is 28.2 Å². The van der Waals surface area contributed by atoms with E-state index in [-0.39, 0.29) is 74.5 Å². The summed E-state index contributed by atoms with van der Waals surface area (Å²) in [5.74, 6) is 0. The van der Waals surface area contributed by atoms with Crippen LogP contribution in [0.1, 0.15) is 1.43 Å². The van der Waals surface area contributed by atoms with Gasteiger partial charge in [-0.2, -0.15) is 0 Å². The van der Waals surface area contributed by atoms with Gasteiger partial charge in [0.2, 0.25) is 0 Å². The van der Waals surface area contributed by atoms with Crippen molar-refractivity contribution in [2.45, 2.75) is 0 Å². The monoisotopic (exact) mass is 184 g/mol. The molecule has 0 aromatic carbocycles. The summed E-state index contributed by atoms with van der Waals surface area (Å²) in [4.78, 5) is 29.3. The molecule has 0 atom stereocenters. The van der Waals surface area contributed by atoms with Crippen LogP contribution in [0.15, 0.2) is 0 Å². The van der Waals surface area contributed by atoms with Crippen molar-refractivity contribution < 1.29 is 93.7 Å². The van der Waals surface area contributed by atoms with Gasteiger partial charge in [-0.15, -0.1) is 0 Å². The van der Waals surface area contributed by atoms with E-state index in [1.54, 1.807) is 0 Å². The molecule has 0 aliphatic heterocycles. The second-order valence-corrected chi connectivity index (χ2v) is 1.80. The van der Waals surface area contributed by atoms with E-state index in [1.807, 2.05) is 0 Å². The van der Waals surface area contributed by atoms with Gasteiger partial charge in [-0.25, -0.2) is 0 Å². The third-order valence-electron chi connectivity index (χ3n) is 0. The van der Waals surface area contributed by atoms with Gasteiger partial charge < -0.3 is 20.6 Å². The van der Waals surface area contributed by atoms with Crippen LogP contribution in [0.2, 0.25) is 0 Å². The summed E-state index contributed by atoms with van der Waals surface area (Å²) >= 11 is 0. The van der Waals surface area contributed by atoms with E-state index in [0.717, 1.165) is 0 Å². The van der Waals surface area contributed by atoms with E-state index in [1.165, 1.54) is 0 Å². The zero-order valence-electron chi connectivity index (χ0n) is 4.79. The zero-order valence-corrected chi connectivity index (χ0v) is 9.47. The van der Waals surface area contributed by atoms with Gasteiger partial charge in [0.15, 0.2) is 0 Å². The molecule has 38 valence electrons. The van der Waals surface area contributed by atoms with E-state index in [2.05, 4.69) is 0 Å². The first-order valence-electron chi connectivity index (χ1n) is 0.894. The third kappa shape index (κ3) is 59.6. The van der Waals surface area contributed by atoms with Crippen LogP contribution in [0.5, 0.6) is 0 Å². The minimum absolute atomic E-state index is 0. The minimum atomic E-state index is -4.61. The minimum Gasteiger partial charge on any atom is -1.00 e. The first-order valence-corrected chi connectivity index (χ1v) is 2.68. The molecule has 0 rings (SSSR count). The Bertz CT molecular complexity index is 31.5. The van der Waals surface area contributed by atoms with Crippen LogP contribution < -0.4 is 51.4 Å². The summed E-state index contributed by atoms with van der Waals surface area (Å²) in [5, 5.41) is 0. The molecule has 0 aliphatic rings. The molecule has 0 saturated heterocycles. The second kappa shape index (κ2) is 6.53. The van der Waals surface area contributed by atoms with Crippen molar-refractivity contribution >= 4 is 9.05 Å². The fourth-order valence-electron chi connectivity index (χ4n) is 0. The summed E-state index contributed by atoms with van der Waals surface area (Å²) in [6, 6.07) is 0. The van der Waals surface area contributed by atoms with Crippen LogP contribution in [0.3, 0.4) is 0 Å². The zero-order chi connectivity index (χ0) is 4.50. The number of hydrogen-bond acceptors (Lipinski definition) is 4. The molecule has 7 heavy (non-hydrogen) atoms. The van der Waals surface area contributed by atoms with E-state index in [4.69, 9.17) is 19.2 Å². The smallest absolute Gasteiger partial charge is 1.00 e. The molecule has 0 aromatic rings. The Morgan fingerprint density at radius 3 is 1.00 bits per heavy atom. The molecule has 0 amide bonds. The van der Waals surface area contributed by atoms with Crippen molar-refractivity contribution in [2.24, 2.45) is 0 Å². The van der Waals surface area contributed by atoms with Gasteiger partial charge in [0.1, 0.15) is 0 Å². The first kappa shape index (κ1) is 16.2. The van der Waals surface area contributed by atoms with Crippen molar-refractivity contribution in [3.8, 4) is 0 Å². The number of hydrogen-bond donors (Lipinski definition) is 4. The van der Waals surface area contributed by atoms with E-state index >= 15 is 0 Å². The molecule has 7 heteroatoms. The standard InChI is InChI=1S/K.H4O4Si.Ti.H/c;1-5(2,3)4;;/h;1-4H;;/q+1;;;-1. The first-order chi connectivity index (χ1) is 2.00. The largest absolute Gasteiger partial charge is 1.00 e. The summed E-state index contributed by atoms with van der Waals surface area (Å²) in [6.45, 7) is 0. The van der Waals surface area contributed by atoms with Crippen LogP contribution in [-0.2, 0) is 21.7 Å². The average molecular weight is 184 g/mol. The molecule has 0 heterocycles. The van der Waals surface area contributed by atoms with E-state index < -0.39 is 9.05 Å². The van der Waals surface area contributed by atoms with Crippen LogP contribution in [0, 0.1) is 0 Å². The van der Waals surface area contributed by atoms with Crippen molar-refractivity contribution in [1.82, 2.24) is 0 Å². The van der Waals surface area contributed by atoms with Gasteiger partial charge in [-0.1, -0.05) is 0 Å². The summed E-state index contributed by atoms with van der Waals surface area (Å²) in [5.41, 5.74) is 0. The fourth-order valence-corrected chi connectivity index (χ4v) is 0. The SMILES string of the molecule is O[Si](O)(O)O.[H-].[K+].[Ti]. The van der Waals surface area contributed by atoms with Crippen LogP contribution in [0.25, 0.3) is 0 Å². The Morgan fingerprint density at radius 2 is 1.00 bits per heavy atom. The molecule has 4 nitrogen and oxygen atoms in total. The van der Waals surface area contributed by atoms with Crippen LogP contribution >= 0.6 is 0 Å². The Hall–Kier alpha value is 2.41. The predicted octanol–water partition coefficient (Wildman–Crippen LogP) is -5.49. The molecule has 0 saturated carbocycles. The molecule has 0 aliphatic carbocycles. The maximum absolute atomic E-state index is 7.33. The van der Waals surface area contributed by atoms with Crippen molar-refractivity contribution in [2.75, 3.05) is 0 Å². The maximum atomic E-state index is 7.33. The van der Waals surface area contributed by atoms with Gasteiger partial charge in [0.05, 0.1) is 0 Å². The van der Waals surface area contributed by atoms with Gasteiger partial charge >= 0.3 is 60.4 Å². The normalized spacial score (nSPS) is 8.57. The Kier molecular flexibility index (Phi) is 15.1. The van der Waals surface area contributed by atoms with Crippen molar-refractivity contribution in [3.63, 3.8) is 0 Å². The molecule has 0 spiro atoms. The fraction of sp³-hybridized carbons (Fsp3) is 0. The van der Waals surface area contributed by atoms with Crippen molar-refractivity contribution in [3.05, 3.63) is 0 Å². The molecule has 4 N–H and O–H groups in total. The Balaban J connectivity index is -0.0000000267. The van der Waals surface area contributed by atoms with Gasteiger partial charge in [-0.3, -0.25) is 0 Å². The van der Waals surface area contributed by atoms with Gasteiger partial charge in [-0.05, 0) is 0 Å². The van der Waals surface area contributed by atoms with Crippen molar-refractivity contribution in [1.29, 1.82) is 0 Å². The Morgan fingerprint density at radius 1 is 1.00 bits per heavy atom. The van der Waals surface area contributed by atoms with Gasteiger partial charge in [0, 0.05) is 21.7 Å². The molecule has 0 radical (unpaired) electrons. The van der Waals surface area contributed by atoms with E-state index in [9.17, 15) is 0 Å². The molecular formula is H5KO4SiTi. The number of rotatable bonds is 0. The topological polar surface area (TPSA) is 80.9 Å². The molecular weight excluding hydrogens is 179 g/mol. The quantitative estimate of drug-likeness (QED) is 0.283. The van der Waals surface area contributed by atoms with Gasteiger partial charge in [0.25, 0.3) is 0 Å². The third-order valence-corrected chi connectivity index (χ3v) is 0. The molecule has 0 bridgehead atoms. The summed E-state index contributed by atoms with van der Waals surface area (Å²) in [6.07, 6.45) is 0. The van der Waals surface area contributed by atoms with Crippen LogP contribution in [0.4, 0.5) is 0 Å². The average Bonchev–Trinajstić information content (AvgIpc) is 0.722. The summed E-state index contributed by atoms with van der Waals surface area (Å²) < 4.78 is 0. The predicted molar refractivity (Wildman–Crippen MR) is 15.7 cm³/mol. The molecule has 0 aromatic heterocycles. The second-order valence-electron chi connectivity index (χ2n) is 0.600. The summed E-state index contributed by atoms with van der Waals surface area (Å²) in [7, 11) is -4.61.